The summed E-state index contributed by atoms with van der Waals surface area (Å²) in [5.41, 5.74) is 2.15. The molecule has 0 aromatic heterocycles. The number of hydrogen-bond donors (Lipinski definition) is 2. The second kappa shape index (κ2) is 60.4. The molecule has 2 unspecified atom stereocenters. The van der Waals surface area contributed by atoms with Gasteiger partial charge in [0.2, 0.25) is 12.6 Å². The molecule has 0 amide bonds. The number of unbranched alkanes of at least 4 members (excludes halogenated alkanes) is 16. The molecule has 2 aliphatic rings. The molecule has 26 nitrogen and oxygen atoms in total. The Hall–Kier alpha value is -5.06. The molecular formula is C85H126ClNO25P2. The van der Waals surface area contributed by atoms with Crippen LogP contribution in [-0.4, -0.2) is 210 Å². The van der Waals surface area contributed by atoms with Gasteiger partial charge in [-0.2, -0.15) is 5.26 Å². The zero-order valence-electron chi connectivity index (χ0n) is 66.8. The Morgan fingerprint density at radius 3 is 1.18 bits per heavy atom. The number of phosphoric ester groups is 2. The molecule has 2 N–H and O–H groups in total. The van der Waals surface area contributed by atoms with Gasteiger partial charge in [0.05, 0.1) is 156 Å². The topological polar surface area (TPSA) is 292 Å². The molecule has 5 aromatic carbocycles. The van der Waals surface area contributed by atoms with Crippen molar-refractivity contribution in [3.63, 3.8) is 0 Å². The zero-order chi connectivity index (χ0) is 80.5. The highest BCUT2D eigenvalue weighted by Crippen LogP contribution is 2.55. The number of rotatable bonds is 69. The molecule has 0 bridgehead atoms. The minimum atomic E-state index is -5.35. The Kier molecular flexibility index (Phi) is 50.9. The third kappa shape index (κ3) is 40.1. The second-order valence-electron chi connectivity index (χ2n) is 27.5. The summed E-state index contributed by atoms with van der Waals surface area (Å²) in [6.07, 6.45) is 5.06. The van der Waals surface area contributed by atoms with E-state index in [9.17, 15) is 19.8 Å². The molecule has 2 aliphatic heterocycles. The van der Waals surface area contributed by atoms with Gasteiger partial charge in [-0.05, 0) is 60.4 Å². The Morgan fingerprint density at radius 1 is 0.395 bits per heavy atom. The fourth-order valence-electron chi connectivity index (χ4n) is 12.5. The lowest BCUT2D eigenvalue weighted by atomic mass is 9.98. The molecule has 0 spiro atoms. The van der Waals surface area contributed by atoms with E-state index < -0.39 is 96.9 Å². The summed E-state index contributed by atoms with van der Waals surface area (Å²) in [5, 5.41) is 21.4. The van der Waals surface area contributed by atoms with Crippen LogP contribution in [0.3, 0.4) is 0 Å². The molecular weight excluding hydrogens is 1530 g/mol. The van der Waals surface area contributed by atoms with E-state index in [2.05, 4.69) is 13.8 Å². The predicted molar refractivity (Wildman–Crippen MR) is 430 cm³/mol. The number of aliphatic hydroxyl groups excluding tert-OH is 1. The van der Waals surface area contributed by atoms with E-state index in [1.165, 1.54) is 63.5 Å². The fourth-order valence-corrected chi connectivity index (χ4v) is 15.1. The van der Waals surface area contributed by atoms with Crippen LogP contribution in [0.4, 0.5) is 0 Å². The van der Waals surface area contributed by atoms with Gasteiger partial charge in [-0.3, -0.25) is 23.0 Å². The number of nitrogens with zero attached hydrogens (tertiary/aromatic N) is 1. The number of ether oxygens (including phenoxy) is 16. The first-order valence-corrected chi connectivity index (χ1v) is 44.3. The molecule has 29 heteroatoms. The predicted octanol–water partition coefficient (Wildman–Crippen LogP) is 16.4. The maximum absolute atomic E-state index is 16.1. The number of benzene rings is 5. The first kappa shape index (κ1) is 96.1. The summed E-state index contributed by atoms with van der Waals surface area (Å²) in [6, 6.07) is 45.5. The van der Waals surface area contributed by atoms with Gasteiger partial charge in [0.25, 0.3) is 0 Å². The van der Waals surface area contributed by atoms with E-state index in [-0.39, 0.29) is 83.3 Å². The second-order valence-corrected chi connectivity index (χ2v) is 30.9. The Balaban J connectivity index is 1.14. The molecule has 0 radical (unpaired) electrons. The van der Waals surface area contributed by atoms with E-state index in [4.69, 9.17) is 110 Å². The van der Waals surface area contributed by atoms with Gasteiger partial charge in [0, 0.05) is 13.2 Å². The van der Waals surface area contributed by atoms with Crippen molar-refractivity contribution < 1.29 is 118 Å². The van der Waals surface area contributed by atoms with Crippen LogP contribution < -0.4 is 14.0 Å². The van der Waals surface area contributed by atoms with Gasteiger partial charge in [0.1, 0.15) is 66.1 Å². The largest absolute Gasteiger partial charge is 0.527 e. The lowest BCUT2D eigenvalue weighted by molar-refractivity contribution is -0.297. The highest BCUT2D eigenvalue weighted by atomic mass is 35.5. The lowest BCUT2D eigenvalue weighted by Gasteiger charge is -2.46. The van der Waals surface area contributed by atoms with E-state index >= 15 is 4.57 Å². The van der Waals surface area contributed by atoms with Gasteiger partial charge in [-0.1, -0.05) is 237 Å². The van der Waals surface area contributed by atoms with Crippen LogP contribution in [0.15, 0.2) is 146 Å². The number of nitriles is 1. The molecule has 5 aromatic rings. The number of para-hydroxylation sites is 3. The van der Waals surface area contributed by atoms with Crippen molar-refractivity contribution in [2.24, 2.45) is 0 Å². The third-order valence-corrected chi connectivity index (χ3v) is 21.1. The minimum Gasteiger partial charge on any atom is -0.462 e. The standard InChI is InChI=1S/C85H126ClNO25P2/c1-3-5-7-9-11-13-15-17-33-47-100-80-78(76(66-88)108-84(106-72-40-27-21-28-41-72)82(80)101-48-34-18-16-14-12-10-8-6-4-2)112-114(91,104-49-35-46-87)105-69-77-79(111-113(89,90)110-75-45-32-31-44-74(75)86)81(102-64-62-96-56-54-92-50-52-94-58-60-98-67-70-36-23-19-24-37-70)83(85(109-77)107-73-42-29-22-30-43-73)103-65-63-97-57-55-93-51-53-95-59-61-99-68-71-38-25-20-26-39-71/h19-32,36-45,76-85,88H,3-18,33-35,47-69H2,1-2H3,(H,89,90)/t76-,77-,78-,79-,80+,81+,82-,83-,84-,85-,114?/m1/s1. The van der Waals surface area contributed by atoms with E-state index in [0.29, 0.717) is 90.4 Å². The Bertz CT molecular complexity index is 3310. The van der Waals surface area contributed by atoms with Crippen LogP contribution in [0.1, 0.15) is 147 Å². The van der Waals surface area contributed by atoms with Crippen LogP contribution in [0.5, 0.6) is 17.2 Å². The average molecular weight is 1660 g/mol. The summed E-state index contributed by atoms with van der Waals surface area (Å²) in [5.74, 6) is 0.568. The van der Waals surface area contributed by atoms with Gasteiger partial charge >= 0.3 is 15.6 Å². The van der Waals surface area contributed by atoms with Crippen molar-refractivity contribution in [1.82, 2.24) is 0 Å². The van der Waals surface area contributed by atoms with E-state index in [1.54, 1.807) is 54.6 Å². The SMILES string of the molecule is CCCCCCCCCCCO[C@@H]1[C@@H](OCCCCCCCCCCC)[C@H](Oc2ccccc2)O[C@H](CO)[C@H]1OP(=O)(OCCC#N)OC[C@H]1O[C@@H](Oc2ccccc2)[C@H](OCCOCCOCCOCCOCc2ccccc2)[C@@H](OCCOCCOCCOCCOCc2ccccc2)[C@@H]1OP(=O)(O)Oc1ccccc1Cl. The summed E-state index contributed by atoms with van der Waals surface area (Å²) in [4.78, 5) is 12.0. The summed E-state index contributed by atoms with van der Waals surface area (Å²) < 4.78 is 162. The molecule has 2 heterocycles. The first-order valence-electron chi connectivity index (χ1n) is 40.9. The zero-order valence-corrected chi connectivity index (χ0v) is 69.4. The van der Waals surface area contributed by atoms with Gasteiger partial charge in [0.15, 0.2) is 0 Å². The van der Waals surface area contributed by atoms with Crippen molar-refractivity contribution in [3.05, 3.63) is 162 Å². The number of aliphatic hydroxyl groups is 1. The van der Waals surface area contributed by atoms with Crippen LogP contribution in [-0.2, 0) is 107 Å². The van der Waals surface area contributed by atoms with Crippen LogP contribution in [0.25, 0.3) is 0 Å². The molecule has 2 saturated heterocycles. The van der Waals surface area contributed by atoms with E-state index in [0.717, 1.165) is 62.5 Å². The molecule has 2 fully saturated rings. The van der Waals surface area contributed by atoms with Crippen molar-refractivity contribution >= 4 is 27.2 Å². The summed E-state index contributed by atoms with van der Waals surface area (Å²) in [7, 11) is -10.5. The third-order valence-electron chi connectivity index (χ3n) is 18.4. The molecule has 7 rings (SSSR count). The van der Waals surface area contributed by atoms with Gasteiger partial charge in [-0.15, -0.1) is 0 Å². The molecule has 12 atom stereocenters. The highest BCUT2D eigenvalue weighted by molar-refractivity contribution is 7.48. The molecule has 114 heavy (non-hydrogen) atoms. The lowest BCUT2D eigenvalue weighted by Crippen LogP contribution is -2.63. The van der Waals surface area contributed by atoms with Gasteiger partial charge in [-0.25, -0.2) is 9.13 Å². The Morgan fingerprint density at radius 2 is 0.754 bits per heavy atom. The molecule has 638 valence electrons. The van der Waals surface area contributed by atoms with Crippen LogP contribution in [0.2, 0.25) is 5.02 Å². The summed E-state index contributed by atoms with van der Waals surface area (Å²) >= 11 is 6.54. The number of hydrogen-bond acceptors (Lipinski definition) is 25. The maximum Gasteiger partial charge on any atom is 0.527 e. The molecule has 0 saturated carbocycles. The maximum atomic E-state index is 16.1. The molecule has 0 aliphatic carbocycles. The van der Waals surface area contributed by atoms with Crippen molar-refractivity contribution in [3.8, 4) is 23.3 Å². The van der Waals surface area contributed by atoms with E-state index in [1.807, 2.05) is 84.9 Å². The van der Waals surface area contributed by atoms with Crippen LogP contribution in [0, 0.1) is 11.3 Å². The minimum absolute atomic E-state index is 0.0106. The summed E-state index contributed by atoms with van der Waals surface area (Å²) in [6.45, 7) is 7.19. The Labute approximate surface area is 680 Å². The number of phosphoric acid groups is 2. The highest BCUT2D eigenvalue weighted by Gasteiger charge is 2.55. The van der Waals surface area contributed by atoms with Crippen LogP contribution >= 0.6 is 27.2 Å². The fraction of sp³-hybridized carbons (Fsp3) is 0.635. The van der Waals surface area contributed by atoms with Gasteiger partial charge < -0.3 is 85.4 Å². The number of halogens is 1. The first-order chi connectivity index (χ1) is 56.0. The average Bonchev–Trinajstić information content (AvgIpc) is 0.778. The smallest absolute Gasteiger partial charge is 0.462 e. The quantitative estimate of drug-likeness (QED) is 0.0270. The monoisotopic (exact) mass is 1660 g/mol. The van der Waals surface area contributed by atoms with Crippen molar-refractivity contribution in [2.45, 2.75) is 210 Å². The van der Waals surface area contributed by atoms with Crippen molar-refractivity contribution in [1.29, 1.82) is 5.26 Å². The van der Waals surface area contributed by atoms with Crippen molar-refractivity contribution in [2.75, 3.05) is 139 Å². The normalized spacial score (nSPS) is 20.7.